The third-order valence-electron chi connectivity index (χ3n) is 3.14. The molecule has 0 aromatic heterocycles. The number of amides is 1. The number of rotatable bonds is 4. The maximum Gasteiger partial charge on any atom is 0.305 e. The van der Waals surface area contributed by atoms with Gasteiger partial charge in [0.05, 0.1) is 6.42 Å². The lowest BCUT2D eigenvalue weighted by Crippen LogP contribution is -2.49. The number of carboxylic acids is 1. The summed E-state index contributed by atoms with van der Waals surface area (Å²) < 4.78 is 0. The molecule has 1 fully saturated rings. The van der Waals surface area contributed by atoms with Gasteiger partial charge >= 0.3 is 5.97 Å². The van der Waals surface area contributed by atoms with E-state index in [0.717, 1.165) is 25.9 Å². The van der Waals surface area contributed by atoms with Crippen molar-refractivity contribution in [3.8, 4) is 0 Å². The van der Waals surface area contributed by atoms with Crippen LogP contribution >= 0.6 is 0 Å². The van der Waals surface area contributed by atoms with Crippen LogP contribution in [0.1, 0.15) is 33.1 Å². The first kappa shape index (κ1) is 14.0. The van der Waals surface area contributed by atoms with E-state index in [2.05, 4.69) is 10.2 Å². The maximum atomic E-state index is 12.0. The predicted octanol–water partition coefficient (Wildman–Crippen LogP) is 0.698. The summed E-state index contributed by atoms with van der Waals surface area (Å²) in [5, 5.41) is 11.6. The van der Waals surface area contributed by atoms with Crippen molar-refractivity contribution in [2.24, 2.45) is 5.92 Å². The summed E-state index contributed by atoms with van der Waals surface area (Å²) in [5.41, 5.74) is -0.674. The number of carboxylic acid groups (broad SMARTS) is 1. The Kier molecular flexibility index (Phi) is 4.51. The van der Waals surface area contributed by atoms with Crippen LogP contribution in [0, 0.1) is 5.92 Å². The average molecular weight is 242 g/mol. The Morgan fingerprint density at radius 2 is 1.88 bits per heavy atom. The van der Waals surface area contributed by atoms with Gasteiger partial charge in [0.15, 0.2) is 0 Å². The fraction of sp³-hybridized carbons (Fsp3) is 0.833. The fourth-order valence-electron chi connectivity index (χ4n) is 2.13. The zero-order valence-corrected chi connectivity index (χ0v) is 10.8. The molecular weight excluding hydrogens is 220 g/mol. The Bertz CT molecular complexity index is 294. The third-order valence-corrected chi connectivity index (χ3v) is 3.14. The van der Waals surface area contributed by atoms with Crippen LogP contribution in [0.4, 0.5) is 0 Å². The van der Waals surface area contributed by atoms with Crippen LogP contribution in [-0.4, -0.2) is 47.6 Å². The highest BCUT2D eigenvalue weighted by molar-refractivity contribution is 5.80. The first-order valence-electron chi connectivity index (χ1n) is 6.02. The van der Waals surface area contributed by atoms with Crippen molar-refractivity contribution in [3.63, 3.8) is 0 Å². The highest BCUT2D eigenvalue weighted by atomic mass is 16.4. The van der Waals surface area contributed by atoms with Gasteiger partial charge in [-0.15, -0.1) is 0 Å². The molecule has 0 aromatic rings. The number of nitrogens with one attached hydrogen (secondary N) is 1. The molecule has 17 heavy (non-hydrogen) atoms. The topological polar surface area (TPSA) is 69.6 Å². The molecule has 0 radical (unpaired) electrons. The Balaban J connectivity index is 2.45. The fourth-order valence-corrected chi connectivity index (χ4v) is 2.13. The summed E-state index contributed by atoms with van der Waals surface area (Å²) in [6.07, 6.45) is 1.66. The van der Waals surface area contributed by atoms with E-state index in [9.17, 15) is 9.59 Å². The van der Waals surface area contributed by atoms with E-state index in [1.807, 2.05) is 7.05 Å². The van der Waals surface area contributed by atoms with Crippen molar-refractivity contribution < 1.29 is 14.7 Å². The van der Waals surface area contributed by atoms with Gasteiger partial charge in [-0.3, -0.25) is 9.59 Å². The van der Waals surface area contributed by atoms with Gasteiger partial charge < -0.3 is 15.3 Å². The second kappa shape index (κ2) is 5.49. The molecule has 1 aliphatic rings. The summed E-state index contributed by atoms with van der Waals surface area (Å²) in [5.74, 6) is -0.873. The molecule has 1 saturated heterocycles. The summed E-state index contributed by atoms with van der Waals surface area (Å²) in [7, 11) is 2.04. The average Bonchev–Trinajstić information content (AvgIpc) is 2.15. The minimum Gasteiger partial charge on any atom is -0.481 e. The first-order valence-corrected chi connectivity index (χ1v) is 6.02. The number of hydrogen-bond acceptors (Lipinski definition) is 3. The highest BCUT2D eigenvalue weighted by Crippen LogP contribution is 2.18. The summed E-state index contributed by atoms with van der Waals surface area (Å²) >= 11 is 0. The highest BCUT2D eigenvalue weighted by Gasteiger charge is 2.29. The molecule has 0 spiro atoms. The monoisotopic (exact) mass is 242 g/mol. The molecule has 1 aliphatic heterocycles. The lowest BCUT2D eigenvalue weighted by molar-refractivity contribution is -0.139. The third kappa shape index (κ3) is 4.73. The minimum absolute atomic E-state index is 0.00986. The number of piperidine rings is 1. The van der Waals surface area contributed by atoms with Gasteiger partial charge in [0, 0.05) is 11.5 Å². The molecule has 2 N–H and O–H groups in total. The van der Waals surface area contributed by atoms with Crippen LogP contribution in [0.2, 0.25) is 0 Å². The Morgan fingerprint density at radius 3 is 2.35 bits per heavy atom. The van der Waals surface area contributed by atoms with Crippen LogP contribution in [0.5, 0.6) is 0 Å². The summed E-state index contributed by atoms with van der Waals surface area (Å²) in [6.45, 7) is 5.34. The Morgan fingerprint density at radius 1 is 1.35 bits per heavy atom. The second-order valence-corrected chi connectivity index (χ2v) is 5.52. The molecule has 0 aromatic carbocycles. The van der Waals surface area contributed by atoms with E-state index in [4.69, 9.17) is 5.11 Å². The lowest BCUT2D eigenvalue weighted by atomic mass is 9.93. The van der Waals surface area contributed by atoms with Gasteiger partial charge in [0.1, 0.15) is 0 Å². The molecule has 0 saturated carbocycles. The molecular formula is C12H22N2O3. The van der Waals surface area contributed by atoms with Crippen molar-refractivity contribution >= 4 is 11.9 Å². The lowest BCUT2D eigenvalue weighted by Gasteiger charge is -2.31. The van der Waals surface area contributed by atoms with Crippen molar-refractivity contribution in [1.82, 2.24) is 10.2 Å². The standard InChI is InChI=1S/C12H22N2O3/c1-12(2,8-10(15)16)13-11(17)9-4-6-14(3)7-5-9/h9H,4-8H2,1-3H3,(H,13,17)(H,15,16). The van der Waals surface area contributed by atoms with Crippen LogP contribution in [-0.2, 0) is 9.59 Å². The molecule has 1 amide bonds. The van der Waals surface area contributed by atoms with Crippen LogP contribution in [0.25, 0.3) is 0 Å². The van der Waals surface area contributed by atoms with Crippen LogP contribution < -0.4 is 5.32 Å². The zero-order chi connectivity index (χ0) is 13.1. The van der Waals surface area contributed by atoms with E-state index < -0.39 is 11.5 Å². The molecule has 5 nitrogen and oxygen atoms in total. The van der Waals surface area contributed by atoms with Gasteiger partial charge in [-0.05, 0) is 46.8 Å². The van der Waals surface area contributed by atoms with Crippen molar-refractivity contribution in [2.45, 2.75) is 38.6 Å². The van der Waals surface area contributed by atoms with Crippen LogP contribution in [0.15, 0.2) is 0 Å². The number of aliphatic carboxylic acids is 1. The van der Waals surface area contributed by atoms with Crippen molar-refractivity contribution in [1.29, 1.82) is 0 Å². The largest absolute Gasteiger partial charge is 0.481 e. The Hall–Kier alpha value is -1.10. The minimum atomic E-state index is -0.890. The van der Waals surface area contributed by atoms with Crippen molar-refractivity contribution in [2.75, 3.05) is 20.1 Å². The van der Waals surface area contributed by atoms with Gasteiger partial charge in [0.2, 0.25) is 5.91 Å². The molecule has 0 bridgehead atoms. The van der Waals surface area contributed by atoms with E-state index in [-0.39, 0.29) is 18.2 Å². The summed E-state index contributed by atoms with van der Waals surface area (Å²) in [4.78, 5) is 24.8. The van der Waals surface area contributed by atoms with Gasteiger partial charge in [0.25, 0.3) is 0 Å². The summed E-state index contributed by atoms with van der Waals surface area (Å²) in [6, 6.07) is 0. The molecule has 0 unspecified atom stereocenters. The molecule has 5 heteroatoms. The predicted molar refractivity (Wildman–Crippen MR) is 64.7 cm³/mol. The zero-order valence-electron chi connectivity index (χ0n) is 10.8. The Labute approximate surface area is 102 Å². The molecule has 0 atom stereocenters. The van der Waals surface area contributed by atoms with E-state index in [1.165, 1.54) is 0 Å². The molecule has 0 aliphatic carbocycles. The number of carbonyl (C=O) groups is 2. The van der Waals surface area contributed by atoms with E-state index in [1.54, 1.807) is 13.8 Å². The van der Waals surface area contributed by atoms with Crippen LogP contribution in [0.3, 0.4) is 0 Å². The molecule has 98 valence electrons. The molecule has 1 rings (SSSR count). The smallest absolute Gasteiger partial charge is 0.305 e. The molecule has 1 heterocycles. The van der Waals surface area contributed by atoms with Gasteiger partial charge in [-0.1, -0.05) is 0 Å². The number of carbonyl (C=O) groups excluding carboxylic acids is 1. The van der Waals surface area contributed by atoms with Gasteiger partial charge in [-0.2, -0.15) is 0 Å². The SMILES string of the molecule is CN1CCC(C(=O)NC(C)(C)CC(=O)O)CC1. The number of likely N-dealkylation sites (tertiary alicyclic amines) is 1. The van der Waals surface area contributed by atoms with Gasteiger partial charge in [-0.25, -0.2) is 0 Å². The van der Waals surface area contributed by atoms with E-state index in [0.29, 0.717) is 0 Å². The second-order valence-electron chi connectivity index (χ2n) is 5.52. The first-order chi connectivity index (χ1) is 7.80. The van der Waals surface area contributed by atoms with E-state index >= 15 is 0 Å². The normalized spacial score (nSPS) is 19.0. The number of nitrogens with zero attached hydrogens (tertiary/aromatic N) is 1. The maximum absolute atomic E-state index is 12.0. The number of hydrogen-bond donors (Lipinski definition) is 2. The van der Waals surface area contributed by atoms with Crippen molar-refractivity contribution in [3.05, 3.63) is 0 Å². The quantitative estimate of drug-likeness (QED) is 0.761.